The molecule has 1 aliphatic heterocycles. The van der Waals surface area contributed by atoms with Gasteiger partial charge in [-0.25, -0.2) is 12.7 Å². The number of nitrogens with one attached hydrogen (secondary N) is 1. The highest BCUT2D eigenvalue weighted by molar-refractivity contribution is 7.89. The monoisotopic (exact) mass is 263 g/mol. The van der Waals surface area contributed by atoms with Gasteiger partial charge in [-0.15, -0.1) is 0 Å². The molecule has 1 unspecified atom stereocenters. The predicted octanol–water partition coefficient (Wildman–Crippen LogP) is -0.0483. The first kappa shape index (κ1) is 14.9. The second kappa shape index (κ2) is 6.68. The molecule has 0 aromatic heterocycles. The van der Waals surface area contributed by atoms with Gasteiger partial charge in [0.2, 0.25) is 10.0 Å². The number of hydrogen-bond acceptors (Lipinski definition) is 4. The molecule has 0 aromatic rings. The Morgan fingerprint density at radius 3 is 2.59 bits per heavy atom. The van der Waals surface area contributed by atoms with E-state index in [1.807, 2.05) is 14.1 Å². The average molecular weight is 263 g/mol. The molecule has 17 heavy (non-hydrogen) atoms. The van der Waals surface area contributed by atoms with Gasteiger partial charge in [0.15, 0.2) is 0 Å². The second-order valence-electron chi connectivity index (χ2n) is 4.83. The molecule has 0 spiro atoms. The van der Waals surface area contributed by atoms with Crippen molar-refractivity contribution in [2.45, 2.75) is 25.8 Å². The van der Waals surface area contributed by atoms with Crippen LogP contribution in [0.15, 0.2) is 0 Å². The first-order valence-corrected chi connectivity index (χ1v) is 7.93. The third-order valence-electron chi connectivity index (χ3n) is 3.21. The van der Waals surface area contributed by atoms with Crippen LogP contribution in [-0.2, 0) is 10.0 Å². The number of hydrogen-bond donors (Lipinski definition) is 1. The van der Waals surface area contributed by atoms with Crippen molar-refractivity contribution in [2.24, 2.45) is 0 Å². The lowest BCUT2D eigenvalue weighted by atomic mass is 10.2. The molecule has 1 atom stereocenters. The largest absolute Gasteiger partial charge is 0.316 e. The summed E-state index contributed by atoms with van der Waals surface area (Å²) in [4.78, 5) is 2.10. The van der Waals surface area contributed by atoms with Crippen molar-refractivity contribution in [1.29, 1.82) is 0 Å². The van der Waals surface area contributed by atoms with Gasteiger partial charge in [0.25, 0.3) is 0 Å². The van der Waals surface area contributed by atoms with Crippen molar-refractivity contribution in [2.75, 3.05) is 46.0 Å². The van der Waals surface area contributed by atoms with E-state index in [9.17, 15) is 8.42 Å². The third kappa shape index (κ3) is 4.54. The predicted molar refractivity (Wildman–Crippen MR) is 70.6 cm³/mol. The quantitative estimate of drug-likeness (QED) is 0.655. The van der Waals surface area contributed by atoms with Crippen LogP contribution in [0.1, 0.15) is 19.8 Å². The molecule has 1 N–H and O–H groups in total. The van der Waals surface area contributed by atoms with Gasteiger partial charge >= 0.3 is 0 Å². The molecule has 0 saturated carbocycles. The molecule has 1 saturated heterocycles. The maximum absolute atomic E-state index is 12.0. The number of sulfonamides is 1. The number of likely N-dealkylation sites (N-methyl/N-ethyl adjacent to an activating group) is 1. The molecule has 0 amide bonds. The maximum Gasteiger partial charge on any atom is 0.215 e. The molecular formula is C11H25N3O2S. The van der Waals surface area contributed by atoms with Gasteiger partial charge in [0.1, 0.15) is 0 Å². The minimum Gasteiger partial charge on any atom is -0.316 e. The SMILES string of the molecule is CCCNCCS(=O)(=O)N1CCC(N(C)C)C1. The summed E-state index contributed by atoms with van der Waals surface area (Å²) in [7, 11) is 0.944. The lowest BCUT2D eigenvalue weighted by Crippen LogP contribution is -2.37. The van der Waals surface area contributed by atoms with Gasteiger partial charge in [-0.1, -0.05) is 6.92 Å². The van der Waals surface area contributed by atoms with Crippen LogP contribution in [-0.4, -0.2) is 69.7 Å². The standard InChI is InChI=1S/C11H25N3O2S/c1-4-6-12-7-9-17(15,16)14-8-5-11(10-14)13(2)3/h11-12H,4-10H2,1-3H3. The van der Waals surface area contributed by atoms with E-state index < -0.39 is 10.0 Å². The Bertz CT molecular complexity index is 317. The van der Waals surface area contributed by atoms with Gasteiger partial charge in [0, 0.05) is 25.7 Å². The van der Waals surface area contributed by atoms with Crippen molar-refractivity contribution in [3.8, 4) is 0 Å². The summed E-state index contributed by atoms with van der Waals surface area (Å²) in [6.45, 7) is 4.82. The van der Waals surface area contributed by atoms with E-state index in [0.29, 0.717) is 25.7 Å². The summed E-state index contributed by atoms with van der Waals surface area (Å²) in [5.41, 5.74) is 0. The smallest absolute Gasteiger partial charge is 0.215 e. The molecule has 1 aliphatic rings. The van der Waals surface area contributed by atoms with Crippen LogP contribution in [0.3, 0.4) is 0 Å². The summed E-state index contributed by atoms with van der Waals surface area (Å²) >= 11 is 0. The molecule has 0 aromatic carbocycles. The molecule has 0 bridgehead atoms. The van der Waals surface area contributed by atoms with Crippen LogP contribution in [0.5, 0.6) is 0 Å². The third-order valence-corrected chi connectivity index (χ3v) is 5.05. The van der Waals surface area contributed by atoms with E-state index >= 15 is 0 Å². The van der Waals surface area contributed by atoms with Crippen molar-refractivity contribution >= 4 is 10.0 Å². The van der Waals surface area contributed by atoms with Gasteiger partial charge in [-0.05, 0) is 33.5 Å². The average Bonchev–Trinajstić information content (AvgIpc) is 2.74. The first-order valence-electron chi connectivity index (χ1n) is 6.32. The van der Waals surface area contributed by atoms with Crippen molar-refractivity contribution in [1.82, 2.24) is 14.5 Å². The lowest BCUT2D eigenvalue weighted by molar-refractivity contribution is 0.302. The minimum atomic E-state index is -3.06. The Kier molecular flexibility index (Phi) is 5.85. The van der Waals surface area contributed by atoms with Gasteiger partial charge in [0.05, 0.1) is 5.75 Å². The van der Waals surface area contributed by atoms with E-state index in [-0.39, 0.29) is 5.75 Å². The number of nitrogens with zero attached hydrogens (tertiary/aromatic N) is 2. The molecule has 1 fully saturated rings. The molecular weight excluding hydrogens is 238 g/mol. The molecule has 6 heteroatoms. The van der Waals surface area contributed by atoms with Gasteiger partial charge in [-0.3, -0.25) is 0 Å². The molecule has 5 nitrogen and oxygen atoms in total. The Morgan fingerprint density at radius 2 is 2.06 bits per heavy atom. The Hall–Kier alpha value is -0.170. The Balaban J connectivity index is 2.38. The zero-order valence-electron chi connectivity index (χ0n) is 11.1. The van der Waals surface area contributed by atoms with E-state index in [0.717, 1.165) is 19.4 Å². The molecule has 1 rings (SSSR count). The normalized spacial score (nSPS) is 22.5. The first-order chi connectivity index (χ1) is 7.97. The van der Waals surface area contributed by atoms with Gasteiger partial charge in [-0.2, -0.15) is 0 Å². The Morgan fingerprint density at radius 1 is 1.35 bits per heavy atom. The fourth-order valence-corrected chi connectivity index (χ4v) is 3.46. The summed E-state index contributed by atoms with van der Waals surface area (Å²) in [6.07, 6.45) is 1.97. The van der Waals surface area contributed by atoms with Crippen LogP contribution < -0.4 is 5.32 Å². The summed E-state index contributed by atoms with van der Waals surface area (Å²) in [6, 6.07) is 0.369. The molecule has 0 radical (unpaired) electrons. The van der Waals surface area contributed by atoms with Crippen LogP contribution in [0.4, 0.5) is 0 Å². The zero-order chi connectivity index (χ0) is 12.9. The van der Waals surface area contributed by atoms with Crippen LogP contribution in [0.25, 0.3) is 0 Å². The second-order valence-corrected chi connectivity index (χ2v) is 6.92. The Labute approximate surface area is 105 Å². The molecule has 1 heterocycles. The van der Waals surface area contributed by atoms with Crippen LogP contribution in [0.2, 0.25) is 0 Å². The highest BCUT2D eigenvalue weighted by Crippen LogP contribution is 2.16. The fourth-order valence-electron chi connectivity index (χ4n) is 2.02. The van der Waals surface area contributed by atoms with Crippen LogP contribution >= 0.6 is 0 Å². The highest BCUT2D eigenvalue weighted by Gasteiger charge is 2.31. The molecule has 0 aliphatic carbocycles. The van der Waals surface area contributed by atoms with E-state index in [2.05, 4.69) is 17.1 Å². The zero-order valence-corrected chi connectivity index (χ0v) is 12.0. The van der Waals surface area contributed by atoms with Crippen molar-refractivity contribution < 1.29 is 8.42 Å². The maximum atomic E-state index is 12.0. The lowest BCUT2D eigenvalue weighted by Gasteiger charge is -2.20. The van der Waals surface area contributed by atoms with E-state index in [1.165, 1.54) is 0 Å². The fraction of sp³-hybridized carbons (Fsp3) is 1.00. The highest BCUT2D eigenvalue weighted by atomic mass is 32.2. The number of rotatable bonds is 7. The minimum absolute atomic E-state index is 0.215. The van der Waals surface area contributed by atoms with Gasteiger partial charge < -0.3 is 10.2 Å². The van der Waals surface area contributed by atoms with Crippen LogP contribution in [0, 0.1) is 0 Å². The van der Waals surface area contributed by atoms with E-state index in [4.69, 9.17) is 0 Å². The van der Waals surface area contributed by atoms with E-state index in [1.54, 1.807) is 4.31 Å². The topological polar surface area (TPSA) is 52.7 Å². The summed E-state index contributed by atoms with van der Waals surface area (Å²) in [5, 5.41) is 3.13. The summed E-state index contributed by atoms with van der Waals surface area (Å²) < 4.78 is 25.7. The summed E-state index contributed by atoms with van der Waals surface area (Å²) in [5.74, 6) is 0.215. The van der Waals surface area contributed by atoms with Crippen molar-refractivity contribution in [3.05, 3.63) is 0 Å². The molecule has 102 valence electrons. The van der Waals surface area contributed by atoms with Crippen molar-refractivity contribution in [3.63, 3.8) is 0 Å².